The molecule has 0 atom stereocenters. The summed E-state index contributed by atoms with van der Waals surface area (Å²) in [6, 6.07) is 0. The van der Waals surface area contributed by atoms with Gasteiger partial charge in [-0.1, -0.05) is 19.0 Å². The Labute approximate surface area is 149 Å². The van der Waals surface area contributed by atoms with E-state index in [0.29, 0.717) is 18.9 Å². The largest absolute Gasteiger partial charge is 0.382 e. The molecule has 0 spiro atoms. The molecule has 0 aromatic carbocycles. The van der Waals surface area contributed by atoms with E-state index in [1.807, 2.05) is 20.8 Å². The number of halogens is 1. The summed E-state index contributed by atoms with van der Waals surface area (Å²) < 4.78 is 10.5. The number of guanidine groups is 1. The molecule has 22 heavy (non-hydrogen) atoms. The van der Waals surface area contributed by atoms with Crippen molar-refractivity contribution in [3.8, 4) is 0 Å². The van der Waals surface area contributed by atoms with E-state index in [-0.39, 0.29) is 29.9 Å². The van der Waals surface area contributed by atoms with E-state index in [1.54, 1.807) is 7.05 Å². The first-order valence-electron chi connectivity index (χ1n) is 7.52. The number of nitrogens with zero attached hydrogens (tertiary/aromatic N) is 3. The van der Waals surface area contributed by atoms with Crippen molar-refractivity contribution in [3.05, 3.63) is 11.7 Å². The van der Waals surface area contributed by atoms with E-state index in [0.717, 1.165) is 38.0 Å². The highest BCUT2D eigenvalue weighted by Crippen LogP contribution is 2.09. The molecule has 8 heteroatoms. The zero-order valence-electron chi connectivity index (χ0n) is 13.9. The number of ether oxygens (including phenoxy) is 1. The fourth-order valence-electron chi connectivity index (χ4n) is 1.64. The molecule has 0 fully saturated rings. The predicted molar refractivity (Wildman–Crippen MR) is 98.0 cm³/mol. The van der Waals surface area contributed by atoms with Crippen LogP contribution in [0.25, 0.3) is 0 Å². The van der Waals surface area contributed by atoms with Gasteiger partial charge in [0, 0.05) is 45.7 Å². The minimum absolute atomic E-state index is 0. The molecule has 0 bridgehead atoms. The van der Waals surface area contributed by atoms with Crippen molar-refractivity contribution >= 4 is 29.9 Å². The quantitative estimate of drug-likeness (QED) is 0.272. The van der Waals surface area contributed by atoms with Crippen LogP contribution in [0.4, 0.5) is 0 Å². The molecule has 2 N–H and O–H groups in total. The second kappa shape index (κ2) is 12.6. The third kappa shape index (κ3) is 8.52. The molecule has 1 heterocycles. The Morgan fingerprint density at radius 3 is 2.64 bits per heavy atom. The van der Waals surface area contributed by atoms with Crippen LogP contribution < -0.4 is 10.6 Å². The van der Waals surface area contributed by atoms with Crippen LogP contribution in [0.5, 0.6) is 0 Å². The van der Waals surface area contributed by atoms with Gasteiger partial charge in [-0.2, -0.15) is 4.98 Å². The molecule has 1 aromatic heterocycles. The number of aliphatic imine (C=N–C) groups is 1. The molecule has 0 aliphatic carbocycles. The molecule has 0 aliphatic rings. The van der Waals surface area contributed by atoms with Gasteiger partial charge in [0.15, 0.2) is 11.8 Å². The van der Waals surface area contributed by atoms with Gasteiger partial charge < -0.3 is 19.9 Å². The van der Waals surface area contributed by atoms with E-state index in [1.165, 1.54) is 0 Å². The minimum atomic E-state index is 0. The van der Waals surface area contributed by atoms with Gasteiger partial charge in [0.2, 0.25) is 5.89 Å². The average molecular weight is 425 g/mol. The van der Waals surface area contributed by atoms with Gasteiger partial charge in [-0.05, 0) is 13.3 Å². The summed E-state index contributed by atoms with van der Waals surface area (Å²) in [7, 11) is 1.75. The van der Waals surface area contributed by atoms with Gasteiger partial charge in [-0.15, -0.1) is 24.0 Å². The molecule has 1 rings (SSSR count). The monoisotopic (exact) mass is 425 g/mol. The smallest absolute Gasteiger partial charge is 0.228 e. The summed E-state index contributed by atoms with van der Waals surface area (Å²) in [5, 5.41) is 10.4. The summed E-state index contributed by atoms with van der Waals surface area (Å²) in [6.07, 6.45) is 1.63. The average Bonchev–Trinajstić information content (AvgIpc) is 2.94. The van der Waals surface area contributed by atoms with Gasteiger partial charge in [0.05, 0.1) is 0 Å². The molecule has 7 nitrogen and oxygen atoms in total. The zero-order valence-corrected chi connectivity index (χ0v) is 16.2. The molecule has 0 amide bonds. The van der Waals surface area contributed by atoms with Gasteiger partial charge in [0.25, 0.3) is 0 Å². The number of hydrogen-bond donors (Lipinski definition) is 2. The molecule has 128 valence electrons. The molecule has 0 aliphatic heterocycles. The van der Waals surface area contributed by atoms with Crippen molar-refractivity contribution in [1.82, 2.24) is 20.8 Å². The second-order valence-electron chi connectivity index (χ2n) is 4.93. The van der Waals surface area contributed by atoms with Gasteiger partial charge in [-0.3, -0.25) is 4.99 Å². The van der Waals surface area contributed by atoms with E-state index in [9.17, 15) is 0 Å². The van der Waals surface area contributed by atoms with E-state index >= 15 is 0 Å². The normalized spacial score (nSPS) is 11.4. The SMILES string of the molecule is CCOCCCNC(=NC)NCCc1nc(C(C)C)no1.I. The lowest BCUT2D eigenvalue weighted by Crippen LogP contribution is -2.39. The van der Waals surface area contributed by atoms with E-state index in [4.69, 9.17) is 9.26 Å². The van der Waals surface area contributed by atoms with Crippen LogP contribution in [0.1, 0.15) is 44.8 Å². The maximum Gasteiger partial charge on any atom is 0.228 e. The first-order chi connectivity index (χ1) is 10.2. The van der Waals surface area contributed by atoms with Crippen LogP contribution in [0.3, 0.4) is 0 Å². The predicted octanol–water partition coefficient (Wildman–Crippen LogP) is 1.95. The van der Waals surface area contributed by atoms with Gasteiger partial charge >= 0.3 is 0 Å². The highest BCUT2D eigenvalue weighted by Gasteiger charge is 2.09. The Morgan fingerprint density at radius 1 is 1.32 bits per heavy atom. The van der Waals surface area contributed by atoms with Crippen molar-refractivity contribution in [2.75, 3.05) is 33.4 Å². The second-order valence-corrected chi connectivity index (χ2v) is 4.93. The van der Waals surface area contributed by atoms with Crippen molar-refractivity contribution in [1.29, 1.82) is 0 Å². The lowest BCUT2D eigenvalue weighted by molar-refractivity contribution is 0.145. The Balaban J connectivity index is 0.00000441. The van der Waals surface area contributed by atoms with Crippen molar-refractivity contribution in [3.63, 3.8) is 0 Å². The summed E-state index contributed by atoms with van der Waals surface area (Å²) in [4.78, 5) is 8.49. The maximum absolute atomic E-state index is 5.28. The molecule has 0 saturated heterocycles. The Bertz CT molecular complexity index is 423. The van der Waals surface area contributed by atoms with Gasteiger partial charge in [-0.25, -0.2) is 0 Å². The summed E-state index contributed by atoms with van der Waals surface area (Å²) in [5.74, 6) is 2.46. The van der Waals surface area contributed by atoms with Crippen LogP contribution >= 0.6 is 24.0 Å². The van der Waals surface area contributed by atoms with Crippen molar-refractivity contribution in [2.45, 2.75) is 39.5 Å². The maximum atomic E-state index is 5.28. The highest BCUT2D eigenvalue weighted by atomic mass is 127. The fraction of sp³-hybridized carbons (Fsp3) is 0.786. The lowest BCUT2D eigenvalue weighted by Gasteiger charge is -2.10. The van der Waals surface area contributed by atoms with Crippen LogP contribution in [-0.4, -0.2) is 49.5 Å². The van der Waals surface area contributed by atoms with E-state index in [2.05, 4.69) is 25.8 Å². The Morgan fingerprint density at radius 2 is 2.05 bits per heavy atom. The molecule has 0 unspecified atom stereocenters. The summed E-state index contributed by atoms with van der Waals surface area (Å²) in [6.45, 7) is 9.14. The number of rotatable bonds is 9. The highest BCUT2D eigenvalue weighted by molar-refractivity contribution is 14.0. The fourth-order valence-corrected chi connectivity index (χ4v) is 1.64. The van der Waals surface area contributed by atoms with Crippen LogP contribution in [0.15, 0.2) is 9.52 Å². The summed E-state index contributed by atoms with van der Waals surface area (Å²) >= 11 is 0. The van der Waals surface area contributed by atoms with Crippen molar-refractivity contribution in [2.24, 2.45) is 4.99 Å². The van der Waals surface area contributed by atoms with Crippen LogP contribution in [0, 0.1) is 0 Å². The first kappa shape index (κ1) is 21.1. The van der Waals surface area contributed by atoms with Crippen LogP contribution in [0.2, 0.25) is 0 Å². The molecule has 0 radical (unpaired) electrons. The minimum Gasteiger partial charge on any atom is -0.382 e. The van der Waals surface area contributed by atoms with E-state index < -0.39 is 0 Å². The number of hydrogen-bond acceptors (Lipinski definition) is 5. The third-order valence-corrected chi connectivity index (χ3v) is 2.82. The standard InChI is InChI=1S/C14H27N5O2.HI/c1-5-20-10-6-8-16-14(15-4)17-9-7-12-18-13(11(2)3)19-21-12;/h11H,5-10H2,1-4H3,(H2,15,16,17);1H. The summed E-state index contributed by atoms with van der Waals surface area (Å²) in [5.41, 5.74) is 0. The molecular weight excluding hydrogens is 397 g/mol. The number of nitrogens with one attached hydrogen (secondary N) is 2. The molecular formula is C14H28IN5O2. The zero-order chi connectivity index (χ0) is 15.5. The van der Waals surface area contributed by atoms with Crippen molar-refractivity contribution < 1.29 is 9.26 Å². The van der Waals surface area contributed by atoms with Crippen LogP contribution in [-0.2, 0) is 11.2 Å². The van der Waals surface area contributed by atoms with Gasteiger partial charge in [0.1, 0.15) is 0 Å². The first-order valence-corrected chi connectivity index (χ1v) is 7.52. The lowest BCUT2D eigenvalue weighted by atomic mass is 10.2. The Hall–Kier alpha value is -0.900. The Kier molecular flexibility index (Phi) is 12.1. The topological polar surface area (TPSA) is 84.6 Å². The molecule has 0 saturated carbocycles. The number of aromatic nitrogens is 2. The molecule has 1 aromatic rings. The third-order valence-electron chi connectivity index (χ3n) is 2.82.